The summed E-state index contributed by atoms with van der Waals surface area (Å²) in [5, 5.41) is 6.70. The molecule has 0 aliphatic rings. The van der Waals surface area contributed by atoms with E-state index in [-0.39, 0.29) is 5.04 Å². The van der Waals surface area contributed by atoms with E-state index >= 15 is 0 Å². The SMILES string of the molecule is N=C(c1ccccc1)S(=O)[O-]. The van der Waals surface area contributed by atoms with Gasteiger partial charge in [-0.25, -0.2) is 0 Å². The van der Waals surface area contributed by atoms with Crippen molar-refractivity contribution in [2.75, 3.05) is 0 Å². The van der Waals surface area contributed by atoms with Gasteiger partial charge in [-0.15, -0.1) is 0 Å². The van der Waals surface area contributed by atoms with Crippen molar-refractivity contribution in [3.8, 4) is 0 Å². The van der Waals surface area contributed by atoms with E-state index in [1.807, 2.05) is 0 Å². The van der Waals surface area contributed by atoms with Gasteiger partial charge in [-0.3, -0.25) is 9.62 Å². The second kappa shape index (κ2) is 3.41. The minimum atomic E-state index is -2.43. The van der Waals surface area contributed by atoms with Crippen LogP contribution >= 0.6 is 0 Å². The first-order valence-corrected chi connectivity index (χ1v) is 4.02. The molecule has 3 nitrogen and oxygen atoms in total. The van der Waals surface area contributed by atoms with Crippen LogP contribution in [0, 0.1) is 5.41 Å². The van der Waals surface area contributed by atoms with Crippen molar-refractivity contribution in [1.82, 2.24) is 0 Å². The molecule has 0 heterocycles. The van der Waals surface area contributed by atoms with E-state index in [2.05, 4.69) is 0 Å². The molecule has 0 saturated carbocycles. The van der Waals surface area contributed by atoms with Crippen molar-refractivity contribution in [2.45, 2.75) is 0 Å². The number of hydrogen-bond donors (Lipinski definition) is 1. The topological polar surface area (TPSA) is 64.0 Å². The van der Waals surface area contributed by atoms with Gasteiger partial charge in [0.1, 0.15) is 5.04 Å². The molecular weight excluding hydrogens is 162 g/mol. The van der Waals surface area contributed by atoms with Crippen LogP contribution < -0.4 is 0 Å². The molecule has 1 N–H and O–H groups in total. The summed E-state index contributed by atoms with van der Waals surface area (Å²) >= 11 is -2.43. The highest BCUT2D eigenvalue weighted by atomic mass is 32.2. The molecule has 1 unspecified atom stereocenters. The maximum absolute atomic E-state index is 10.3. The first-order chi connectivity index (χ1) is 5.22. The molecule has 0 aromatic heterocycles. The molecule has 1 rings (SSSR count). The fraction of sp³-hybridized carbons (Fsp3) is 0. The van der Waals surface area contributed by atoms with E-state index in [0.29, 0.717) is 5.56 Å². The normalized spacial score (nSPS) is 12.5. The minimum Gasteiger partial charge on any atom is -0.767 e. The van der Waals surface area contributed by atoms with Crippen LogP contribution in [0.25, 0.3) is 0 Å². The average Bonchev–Trinajstić information content (AvgIpc) is 2.05. The Labute approximate surface area is 66.9 Å². The third kappa shape index (κ3) is 1.96. The summed E-state index contributed by atoms with van der Waals surface area (Å²) in [6.45, 7) is 0. The Morgan fingerprint density at radius 2 is 1.91 bits per heavy atom. The maximum atomic E-state index is 10.3. The highest BCUT2D eigenvalue weighted by Gasteiger charge is 1.97. The van der Waals surface area contributed by atoms with Gasteiger partial charge in [0.05, 0.1) is 0 Å². The fourth-order valence-electron chi connectivity index (χ4n) is 0.686. The lowest BCUT2D eigenvalue weighted by atomic mass is 10.2. The summed E-state index contributed by atoms with van der Waals surface area (Å²) in [5.41, 5.74) is 0.417. The quantitative estimate of drug-likeness (QED) is 0.384. The van der Waals surface area contributed by atoms with Gasteiger partial charge < -0.3 is 4.55 Å². The summed E-state index contributed by atoms with van der Waals surface area (Å²) in [6, 6.07) is 8.31. The van der Waals surface area contributed by atoms with Crippen LogP contribution in [0.4, 0.5) is 0 Å². The molecule has 0 bridgehead atoms. The van der Waals surface area contributed by atoms with E-state index in [4.69, 9.17) is 5.41 Å². The first-order valence-electron chi connectivity index (χ1n) is 2.95. The number of rotatable bonds is 1. The Morgan fingerprint density at radius 1 is 1.36 bits per heavy atom. The van der Waals surface area contributed by atoms with Crippen molar-refractivity contribution < 1.29 is 8.76 Å². The van der Waals surface area contributed by atoms with Crippen LogP contribution in [0.15, 0.2) is 30.3 Å². The summed E-state index contributed by atoms with van der Waals surface area (Å²) in [4.78, 5) is 0. The van der Waals surface area contributed by atoms with Gasteiger partial charge in [-0.05, 0) is 11.1 Å². The zero-order chi connectivity index (χ0) is 8.27. The van der Waals surface area contributed by atoms with E-state index in [1.54, 1.807) is 30.3 Å². The fourth-order valence-corrected chi connectivity index (χ4v) is 1.01. The third-order valence-corrected chi connectivity index (χ3v) is 1.77. The van der Waals surface area contributed by atoms with Crippen LogP contribution in [0.5, 0.6) is 0 Å². The van der Waals surface area contributed by atoms with Crippen molar-refractivity contribution in [2.24, 2.45) is 0 Å². The molecule has 11 heavy (non-hydrogen) atoms. The van der Waals surface area contributed by atoms with Crippen molar-refractivity contribution >= 4 is 16.1 Å². The van der Waals surface area contributed by atoms with Crippen LogP contribution in [-0.2, 0) is 11.1 Å². The van der Waals surface area contributed by atoms with Crippen molar-refractivity contribution in [1.29, 1.82) is 5.41 Å². The molecular formula is C7H6NO2S-. The molecule has 0 spiro atoms. The van der Waals surface area contributed by atoms with E-state index in [0.717, 1.165) is 0 Å². The van der Waals surface area contributed by atoms with Gasteiger partial charge in [0.2, 0.25) is 0 Å². The Bertz CT molecular complexity index is 284. The van der Waals surface area contributed by atoms with Crippen LogP contribution in [0.2, 0.25) is 0 Å². The zero-order valence-corrected chi connectivity index (χ0v) is 6.43. The second-order valence-corrected chi connectivity index (χ2v) is 2.81. The summed E-state index contributed by atoms with van der Waals surface area (Å²) in [5.74, 6) is 0. The molecule has 1 atom stereocenters. The lowest BCUT2D eigenvalue weighted by Gasteiger charge is -2.05. The highest BCUT2D eigenvalue weighted by molar-refractivity contribution is 7.96. The monoisotopic (exact) mass is 168 g/mol. The molecule has 1 aromatic rings. The van der Waals surface area contributed by atoms with E-state index in [9.17, 15) is 8.76 Å². The second-order valence-electron chi connectivity index (χ2n) is 1.93. The average molecular weight is 168 g/mol. The van der Waals surface area contributed by atoms with Gasteiger partial charge in [-0.1, -0.05) is 30.3 Å². The lowest BCUT2D eigenvalue weighted by Crippen LogP contribution is -2.05. The molecule has 0 saturated heterocycles. The zero-order valence-electron chi connectivity index (χ0n) is 5.61. The largest absolute Gasteiger partial charge is 0.767 e. The number of nitrogens with one attached hydrogen (secondary N) is 1. The summed E-state index contributed by atoms with van der Waals surface area (Å²) in [6.07, 6.45) is 0. The maximum Gasteiger partial charge on any atom is 0.111 e. The number of hydrogen-bond acceptors (Lipinski definition) is 3. The number of benzene rings is 1. The van der Waals surface area contributed by atoms with Gasteiger partial charge in [0, 0.05) is 5.56 Å². The Balaban J connectivity index is 2.95. The summed E-state index contributed by atoms with van der Waals surface area (Å²) in [7, 11) is 0. The minimum absolute atomic E-state index is 0.370. The van der Waals surface area contributed by atoms with E-state index in [1.165, 1.54) is 0 Å². The Morgan fingerprint density at radius 3 is 2.36 bits per heavy atom. The molecule has 0 radical (unpaired) electrons. The molecule has 58 valence electrons. The van der Waals surface area contributed by atoms with Crippen LogP contribution in [0.1, 0.15) is 5.56 Å². The van der Waals surface area contributed by atoms with E-state index < -0.39 is 11.1 Å². The van der Waals surface area contributed by atoms with Crippen molar-refractivity contribution in [3.63, 3.8) is 0 Å². The third-order valence-electron chi connectivity index (χ3n) is 1.20. The summed E-state index contributed by atoms with van der Waals surface area (Å²) < 4.78 is 20.6. The van der Waals surface area contributed by atoms with Gasteiger partial charge in [-0.2, -0.15) is 0 Å². The Hall–Kier alpha value is -1.00. The van der Waals surface area contributed by atoms with Gasteiger partial charge >= 0.3 is 0 Å². The lowest BCUT2D eigenvalue weighted by molar-refractivity contribution is 0.549. The standard InChI is InChI=1S/C7H7NO2S/c8-7(11(9)10)6-4-2-1-3-5-6/h1-5,8H,(H,9,10)/p-1. The van der Waals surface area contributed by atoms with Crippen molar-refractivity contribution in [3.05, 3.63) is 35.9 Å². The first kappa shape index (κ1) is 8.10. The molecule has 0 aliphatic carbocycles. The Kier molecular flexibility index (Phi) is 2.51. The van der Waals surface area contributed by atoms with Gasteiger partial charge in [0.15, 0.2) is 0 Å². The van der Waals surface area contributed by atoms with Crippen LogP contribution in [-0.4, -0.2) is 13.8 Å². The van der Waals surface area contributed by atoms with Crippen LogP contribution in [0.3, 0.4) is 0 Å². The smallest absolute Gasteiger partial charge is 0.111 e. The molecule has 0 amide bonds. The molecule has 4 heteroatoms. The van der Waals surface area contributed by atoms with Gasteiger partial charge in [0.25, 0.3) is 0 Å². The highest BCUT2D eigenvalue weighted by Crippen LogP contribution is 2.00. The molecule has 0 fully saturated rings. The molecule has 1 aromatic carbocycles. The predicted octanol–water partition coefficient (Wildman–Crippen LogP) is 0.891. The molecule has 0 aliphatic heterocycles. The predicted molar refractivity (Wildman–Crippen MR) is 42.2 cm³/mol.